The SMILES string of the molecule is CCC1CCCCN1C1=C(C(=O)N2CCOCC2)S(=O)(=O)c2ccccc21. The van der Waals surface area contributed by atoms with Crippen LogP contribution in [0.5, 0.6) is 0 Å². The molecule has 1 aromatic rings. The van der Waals surface area contributed by atoms with Crippen molar-refractivity contribution in [3.63, 3.8) is 0 Å². The maximum absolute atomic E-state index is 13.4. The van der Waals surface area contributed by atoms with E-state index in [0.29, 0.717) is 37.6 Å². The molecule has 0 aliphatic carbocycles. The van der Waals surface area contributed by atoms with E-state index in [-0.39, 0.29) is 21.7 Å². The highest BCUT2D eigenvalue weighted by Crippen LogP contribution is 2.44. The number of likely N-dealkylation sites (tertiary alicyclic amines) is 1. The predicted molar refractivity (Wildman–Crippen MR) is 103 cm³/mol. The van der Waals surface area contributed by atoms with Crippen molar-refractivity contribution >= 4 is 21.4 Å². The Morgan fingerprint density at radius 3 is 2.63 bits per heavy atom. The molecule has 1 unspecified atom stereocenters. The molecule has 146 valence electrons. The van der Waals surface area contributed by atoms with Crippen LogP contribution in [0.25, 0.3) is 5.70 Å². The van der Waals surface area contributed by atoms with Crippen LogP contribution in [0.15, 0.2) is 34.1 Å². The minimum Gasteiger partial charge on any atom is -0.378 e. The van der Waals surface area contributed by atoms with Crippen molar-refractivity contribution in [3.8, 4) is 0 Å². The van der Waals surface area contributed by atoms with Crippen molar-refractivity contribution in [1.82, 2.24) is 9.80 Å². The zero-order valence-corrected chi connectivity index (χ0v) is 16.5. The molecular weight excluding hydrogens is 364 g/mol. The number of piperidine rings is 1. The van der Waals surface area contributed by atoms with E-state index in [1.807, 2.05) is 12.1 Å². The lowest BCUT2D eigenvalue weighted by Crippen LogP contribution is -2.44. The quantitative estimate of drug-likeness (QED) is 0.792. The van der Waals surface area contributed by atoms with Crippen molar-refractivity contribution in [3.05, 3.63) is 34.7 Å². The van der Waals surface area contributed by atoms with Gasteiger partial charge in [0.15, 0.2) is 4.91 Å². The summed E-state index contributed by atoms with van der Waals surface area (Å²) < 4.78 is 32.0. The number of hydrogen-bond acceptors (Lipinski definition) is 5. The van der Waals surface area contributed by atoms with Gasteiger partial charge >= 0.3 is 0 Å². The third-order valence-electron chi connectivity index (χ3n) is 5.79. The molecule has 3 aliphatic rings. The van der Waals surface area contributed by atoms with Gasteiger partial charge in [0, 0.05) is 31.2 Å². The molecule has 0 spiro atoms. The van der Waals surface area contributed by atoms with Crippen LogP contribution in [-0.4, -0.2) is 63.0 Å². The normalized spacial score (nSPS) is 24.9. The van der Waals surface area contributed by atoms with Crippen LogP contribution in [0.3, 0.4) is 0 Å². The Morgan fingerprint density at radius 2 is 1.89 bits per heavy atom. The highest BCUT2D eigenvalue weighted by atomic mass is 32.2. The van der Waals surface area contributed by atoms with Gasteiger partial charge in [-0.1, -0.05) is 25.1 Å². The molecule has 3 aliphatic heterocycles. The first-order valence-electron chi connectivity index (χ1n) is 9.78. The van der Waals surface area contributed by atoms with Crippen molar-refractivity contribution < 1.29 is 17.9 Å². The molecule has 1 amide bonds. The summed E-state index contributed by atoms with van der Waals surface area (Å²) in [7, 11) is -3.82. The highest BCUT2D eigenvalue weighted by molar-refractivity contribution is 7.97. The average Bonchev–Trinajstić information content (AvgIpc) is 2.95. The van der Waals surface area contributed by atoms with Crippen LogP contribution in [0, 0.1) is 0 Å². The van der Waals surface area contributed by atoms with E-state index >= 15 is 0 Å². The van der Waals surface area contributed by atoms with E-state index in [4.69, 9.17) is 4.74 Å². The summed E-state index contributed by atoms with van der Waals surface area (Å²) in [5, 5.41) is 0. The first kappa shape index (κ1) is 18.5. The molecule has 7 heteroatoms. The van der Waals surface area contributed by atoms with E-state index in [9.17, 15) is 13.2 Å². The van der Waals surface area contributed by atoms with Gasteiger partial charge in [0.2, 0.25) is 9.84 Å². The average molecular weight is 391 g/mol. The Balaban J connectivity index is 1.87. The summed E-state index contributed by atoms with van der Waals surface area (Å²) in [6, 6.07) is 7.30. The molecule has 4 rings (SSSR count). The minimum atomic E-state index is -3.82. The second-order valence-electron chi connectivity index (χ2n) is 7.33. The molecule has 6 nitrogen and oxygen atoms in total. The summed E-state index contributed by atoms with van der Waals surface area (Å²) in [5.74, 6) is -0.384. The summed E-state index contributed by atoms with van der Waals surface area (Å²) in [5.41, 5.74) is 1.29. The van der Waals surface area contributed by atoms with Gasteiger partial charge in [-0.2, -0.15) is 0 Å². The fourth-order valence-corrected chi connectivity index (χ4v) is 6.16. The Morgan fingerprint density at radius 1 is 1.15 bits per heavy atom. The Labute approximate surface area is 160 Å². The number of morpholine rings is 1. The number of ether oxygens (including phenoxy) is 1. The van der Waals surface area contributed by atoms with Crippen LogP contribution < -0.4 is 0 Å². The predicted octanol–water partition coefficient (Wildman–Crippen LogP) is 2.27. The van der Waals surface area contributed by atoms with Crippen LogP contribution in [0.4, 0.5) is 0 Å². The molecule has 0 bridgehead atoms. The summed E-state index contributed by atoms with van der Waals surface area (Å²) in [6.07, 6.45) is 4.12. The van der Waals surface area contributed by atoms with Crippen molar-refractivity contribution in [2.24, 2.45) is 0 Å². The molecule has 2 saturated heterocycles. The lowest BCUT2D eigenvalue weighted by molar-refractivity contribution is -0.130. The smallest absolute Gasteiger partial charge is 0.268 e. The second-order valence-corrected chi connectivity index (χ2v) is 9.19. The van der Waals surface area contributed by atoms with Gasteiger partial charge in [0.1, 0.15) is 0 Å². The molecule has 27 heavy (non-hydrogen) atoms. The van der Waals surface area contributed by atoms with Gasteiger partial charge in [-0.3, -0.25) is 4.79 Å². The number of nitrogens with zero attached hydrogens (tertiary/aromatic N) is 2. The second kappa shape index (κ2) is 7.28. The maximum Gasteiger partial charge on any atom is 0.268 e. The molecule has 0 saturated carbocycles. The maximum atomic E-state index is 13.4. The fourth-order valence-electron chi connectivity index (χ4n) is 4.39. The topological polar surface area (TPSA) is 66.9 Å². The fraction of sp³-hybridized carbons (Fsp3) is 0.550. The molecule has 0 aromatic heterocycles. The number of carbonyl (C=O) groups excluding carboxylic acids is 1. The molecule has 1 atom stereocenters. The number of hydrogen-bond donors (Lipinski definition) is 0. The molecule has 0 radical (unpaired) electrons. The largest absolute Gasteiger partial charge is 0.378 e. The molecule has 1 aromatic carbocycles. The lowest BCUT2D eigenvalue weighted by Gasteiger charge is -2.39. The van der Waals surface area contributed by atoms with E-state index in [1.165, 1.54) is 0 Å². The number of carbonyl (C=O) groups is 1. The molecule has 2 fully saturated rings. The zero-order chi connectivity index (χ0) is 19.0. The standard InChI is InChI=1S/C20H26N2O4S/c1-2-15-7-5-6-10-22(15)18-16-8-3-4-9-17(16)27(24,25)19(18)20(23)21-11-13-26-14-12-21/h3-4,8-9,15H,2,5-7,10-14H2,1H3. The Hall–Kier alpha value is -1.86. The van der Waals surface area contributed by atoms with Crippen molar-refractivity contribution in [1.29, 1.82) is 0 Å². The third kappa shape index (κ3) is 3.06. The van der Waals surface area contributed by atoms with Gasteiger partial charge in [0.25, 0.3) is 5.91 Å². The van der Waals surface area contributed by atoms with Gasteiger partial charge in [-0.05, 0) is 31.7 Å². The number of benzene rings is 1. The minimum absolute atomic E-state index is 0.0362. The molecular formula is C20H26N2O4S. The van der Waals surface area contributed by atoms with Gasteiger partial charge in [0.05, 0.1) is 23.8 Å². The monoisotopic (exact) mass is 390 g/mol. The van der Waals surface area contributed by atoms with Crippen LogP contribution in [0.1, 0.15) is 38.2 Å². The zero-order valence-electron chi connectivity index (χ0n) is 15.7. The number of amides is 1. The van der Waals surface area contributed by atoms with Crippen molar-refractivity contribution in [2.75, 3.05) is 32.8 Å². The first-order valence-corrected chi connectivity index (χ1v) is 11.3. The van der Waals surface area contributed by atoms with E-state index in [2.05, 4.69) is 11.8 Å². The van der Waals surface area contributed by atoms with Crippen LogP contribution in [0.2, 0.25) is 0 Å². The summed E-state index contributed by atoms with van der Waals surface area (Å²) in [4.78, 5) is 17.4. The number of rotatable bonds is 3. The van der Waals surface area contributed by atoms with Crippen molar-refractivity contribution in [2.45, 2.75) is 43.5 Å². The van der Waals surface area contributed by atoms with Crippen LogP contribution in [-0.2, 0) is 19.4 Å². The third-order valence-corrected chi connectivity index (χ3v) is 7.63. The first-order chi connectivity index (χ1) is 13.1. The van der Waals surface area contributed by atoms with E-state index < -0.39 is 9.84 Å². The Kier molecular flexibility index (Phi) is 4.99. The van der Waals surface area contributed by atoms with Gasteiger partial charge in [-0.15, -0.1) is 0 Å². The van der Waals surface area contributed by atoms with Crippen LogP contribution >= 0.6 is 0 Å². The van der Waals surface area contributed by atoms with Gasteiger partial charge < -0.3 is 14.5 Å². The molecule has 0 N–H and O–H groups in total. The van der Waals surface area contributed by atoms with Gasteiger partial charge in [-0.25, -0.2) is 8.42 Å². The lowest BCUT2D eigenvalue weighted by atomic mass is 9.97. The Bertz CT molecular complexity index is 872. The summed E-state index contributed by atoms with van der Waals surface area (Å²) >= 11 is 0. The number of fused-ring (bicyclic) bond motifs is 1. The highest BCUT2D eigenvalue weighted by Gasteiger charge is 2.44. The van der Waals surface area contributed by atoms with E-state index in [1.54, 1.807) is 17.0 Å². The molecule has 3 heterocycles. The number of sulfone groups is 1. The van der Waals surface area contributed by atoms with E-state index in [0.717, 1.165) is 32.2 Å². The summed E-state index contributed by atoms with van der Waals surface area (Å²) in [6.45, 7) is 4.67.